The van der Waals surface area contributed by atoms with Crippen LogP contribution in [-0.2, 0) is 0 Å². The minimum atomic E-state index is -0.314. The summed E-state index contributed by atoms with van der Waals surface area (Å²) in [6, 6.07) is 6.29. The third-order valence-corrected chi connectivity index (χ3v) is 2.57. The van der Waals surface area contributed by atoms with Crippen LogP contribution in [0, 0.1) is 6.92 Å². The fourth-order valence-corrected chi connectivity index (χ4v) is 1.66. The van der Waals surface area contributed by atoms with Crippen LogP contribution in [0.4, 0.5) is 5.69 Å². The van der Waals surface area contributed by atoms with Crippen LogP contribution < -0.4 is 10.1 Å². The summed E-state index contributed by atoms with van der Waals surface area (Å²) in [5.41, 5.74) is 1.91. The number of hydrogen-bond acceptors (Lipinski definition) is 4. The fraction of sp³-hybridized carbons (Fsp3) is 0.143. The Kier molecular flexibility index (Phi) is 3.66. The van der Waals surface area contributed by atoms with Crippen molar-refractivity contribution in [1.29, 1.82) is 0 Å². The SMILES string of the molecule is COc1ccc(C(=O)Nc2cncc(C)c2)cc1O. The van der Waals surface area contributed by atoms with E-state index in [4.69, 9.17) is 4.74 Å². The van der Waals surface area contributed by atoms with E-state index in [0.717, 1.165) is 5.56 Å². The standard InChI is InChI=1S/C14H14N2O3/c1-9-5-11(8-15-7-9)16-14(18)10-3-4-13(19-2)12(17)6-10/h3-8,17H,1-2H3,(H,16,18). The normalized spacial score (nSPS) is 10.0. The van der Waals surface area contributed by atoms with Crippen molar-refractivity contribution in [3.8, 4) is 11.5 Å². The van der Waals surface area contributed by atoms with Crippen molar-refractivity contribution >= 4 is 11.6 Å². The molecule has 2 N–H and O–H groups in total. The van der Waals surface area contributed by atoms with Gasteiger partial charge < -0.3 is 15.2 Å². The largest absolute Gasteiger partial charge is 0.504 e. The number of nitrogens with one attached hydrogen (secondary N) is 1. The van der Waals surface area contributed by atoms with Crippen LogP contribution in [0.5, 0.6) is 11.5 Å². The molecule has 5 nitrogen and oxygen atoms in total. The summed E-state index contributed by atoms with van der Waals surface area (Å²) >= 11 is 0. The van der Waals surface area contributed by atoms with Crippen LogP contribution in [0.3, 0.4) is 0 Å². The number of nitrogens with zero attached hydrogens (tertiary/aromatic N) is 1. The van der Waals surface area contributed by atoms with Gasteiger partial charge in [0.15, 0.2) is 11.5 Å². The first kappa shape index (κ1) is 12.9. The molecular weight excluding hydrogens is 244 g/mol. The van der Waals surface area contributed by atoms with Gasteiger partial charge in [0.2, 0.25) is 0 Å². The summed E-state index contributed by atoms with van der Waals surface area (Å²) < 4.78 is 4.92. The average Bonchev–Trinajstić information content (AvgIpc) is 2.38. The minimum Gasteiger partial charge on any atom is -0.504 e. The van der Waals surface area contributed by atoms with Crippen LogP contribution >= 0.6 is 0 Å². The van der Waals surface area contributed by atoms with Gasteiger partial charge in [-0.3, -0.25) is 9.78 Å². The van der Waals surface area contributed by atoms with E-state index in [1.807, 2.05) is 13.0 Å². The van der Waals surface area contributed by atoms with Gasteiger partial charge in [-0.25, -0.2) is 0 Å². The Morgan fingerprint density at radius 2 is 2.11 bits per heavy atom. The second-order valence-corrected chi connectivity index (χ2v) is 4.09. The molecule has 0 unspecified atom stereocenters. The van der Waals surface area contributed by atoms with Crippen molar-refractivity contribution in [2.24, 2.45) is 0 Å². The topological polar surface area (TPSA) is 71.5 Å². The number of hydrogen-bond donors (Lipinski definition) is 2. The summed E-state index contributed by atoms with van der Waals surface area (Å²) in [6.07, 6.45) is 3.27. The minimum absolute atomic E-state index is 0.0717. The quantitative estimate of drug-likeness (QED) is 0.886. The maximum absolute atomic E-state index is 12.0. The second kappa shape index (κ2) is 5.39. The van der Waals surface area contributed by atoms with E-state index in [-0.39, 0.29) is 11.7 Å². The van der Waals surface area contributed by atoms with Gasteiger partial charge in [-0.05, 0) is 36.8 Å². The molecule has 19 heavy (non-hydrogen) atoms. The monoisotopic (exact) mass is 258 g/mol. The van der Waals surface area contributed by atoms with E-state index in [0.29, 0.717) is 17.0 Å². The fourth-order valence-electron chi connectivity index (χ4n) is 1.66. The van der Waals surface area contributed by atoms with Crippen LogP contribution in [0.1, 0.15) is 15.9 Å². The molecule has 2 aromatic rings. The zero-order valence-electron chi connectivity index (χ0n) is 10.7. The van der Waals surface area contributed by atoms with Gasteiger partial charge in [-0.2, -0.15) is 0 Å². The molecule has 1 amide bonds. The zero-order chi connectivity index (χ0) is 13.8. The first-order valence-electron chi connectivity index (χ1n) is 5.70. The number of aromatic nitrogens is 1. The zero-order valence-corrected chi connectivity index (χ0v) is 10.7. The molecule has 0 saturated carbocycles. The predicted octanol–water partition coefficient (Wildman–Crippen LogP) is 2.36. The molecular formula is C14H14N2O3. The van der Waals surface area contributed by atoms with Gasteiger partial charge in [0.1, 0.15) is 0 Å². The molecule has 0 bridgehead atoms. The first-order chi connectivity index (χ1) is 9.10. The van der Waals surface area contributed by atoms with Gasteiger partial charge in [-0.1, -0.05) is 0 Å². The van der Waals surface area contributed by atoms with Gasteiger partial charge in [0.05, 0.1) is 19.0 Å². The molecule has 1 aromatic heterocycles. The van der Waals surface area contributed by atoms with E-state index in [2.05, 4.69) is 10.3 Å². The molecule has 2 rings (SSSR count). The van der Waals surface area contributed by atoms with Crippen molar-refractivity contribution in [1.82, 2.24) is 4.98 Å². The number of rotatable bonds is 3. The molecule has 1 heterocycles. The molecule has 98 valence electrons. The molecule has 0 radical (unpaired) electrons. The van der Waals surface area contributed by atoms with E-state index in [1.54, 1.807) is 24.5 Å². The summed E-state index contributed by atoms with van der Waals surface area (Å²) in [5, 5.41) is 12.3. The lowest BCUT2D eigenvalue weighted by Crippen LogP contribution is -2.12. The summed E-state index contributed by atoms with van der Waals surface area (Å²) in [4.78, 5) is 16.0. The Bertz CT molecular complexity index is 611. The number of pyridine rings is 1. The number of aromatic hydroxyl groups is 1. The summed E-state index contributed by atoms with van der Waals surface area (Å²) in [6.45, 7) is 1.89. The Hall–Kier alpha value is -2.56. The predicted molar refractivity (Wildman–Crippen MR) is 71.6 cm³/mol. The molecule has 0 saturated heterocycles. The van der Waals surface area contributed by atoms with E-state index >= 15 is 0 Å². The number of benzene rings is 1. The van der Waals surface area contributed by atoms with Gasteiger partial charge in [0.25, 0.3) is 5.91 Å². The van der Waals surface area contributed by atoms with E-state index in [9.17, 15) is 9.90 Å². The highest BCUT2D eigenvalue weighted by Gasteiger charge is 2.10. The number of phenols is 1. The van der Waals surface area contributed by atoms with Gasteiger partial charge >= 0.3 is 0 Å². The number of carbonyl (C=O) groups is 1. The lowest BCUT2D eigenvalue weighted by atomic mass is 10.2. The Morgan fingerprint density at radius 3 is 2.74 bits per heavy atom. The lowest BCUT2D eigenvalue weighted by molar-refractivity contribution is 0.102. The number of amides is 1. The van der Waals surface area contributed by atoms with Crippen LogP contribution in [0.2, 0.25) is 0 Å². The maximum atomic E-state index is 12.0. The molecule has 0 atom stereocenters. The van der Waals surface area contributed by atoms with E-state index in [1.165, 1.54) is 13.2 Å². The highest BCUT2D eigenvalue weighted by molar-refractivity contribution is 6.04. The Balaban J connectivity index is 2.18. The Morgan fingerprint density at radius 1 is 1.32 bits per heavy atom. The molecule has 0 spiro atoms. The van der Waals surface area contributed by atoms with Crippen LogP contribution in [-0.4, -0.2) is 23.1 Å². The smallest absolute Gasteiger partial charge is 0.255 e. The van der Waals surface area contributed by atoms with Crippen molar-refractivity contribution in [2.45, 2.75) is 6.92 Å². The maximum Gasteiger partial charge on any atom is 0.255 e. The molecule has 0 aliphatic heterocycles. The number of ether oxygens (including phenoxy) is 1. The molecule has 0 aliphatic rings. The highest BCUT2D eigenvalue weighted by atomic mass is 16.5. The number of anilines is 1. The lowest BCUT2D eigenvalue weighted by Gasteiger charge is -2.07. The average molecular weight is 258 g/mol. The Labute approximate surface area is 110 Å². The van der Waals surface area contributed by atoms with Crippen molar-refractivity contribution in [3.05, 3.63) is 47.8 Å². The van der Waals surface area contributed by atoms with Gasteiger partial charge in [0, 0.05) is 11.8 Å². The summed E-state index contributed by atoms with van der Waals surface area (Å²) in [7, 11) is 1.45. The second-order valence-electron chi connectivity index (χ2n) is 4.09. The van der Waals surface area contributed by atoms with Crippen molar-refractivity contribution in [3.63, 3.8) is 0 Å². The number of phenolic OH excluding ortho intramolecular Hbond substituents is 1. The van der Waals surface area contributed by atoms with Gasteiger partial charge in [-0.15, -0.1) is 0 Å². The van der Waals surface area contributed by atoms with Crippen LogP contribution in [0.15, 0.2) is 36.7 Å². The van der Waals surface area contributed by atoms with Crippen molar-refractivity contribution in [2.75, 3.05) is 12.4 Å². The molecule has 5 heteroatoms. The first-order valence-corrected chi connectivity index (χ1v) is 5.70. The number of aryl methyl sites for hydroxylation is 1. The number of methoxy groups -OCH3 is 1. The third kappa shape index (κ3) is 3.01. The third-order valence-electron chi connectivity index (χ3n) is 2.57. The number of carbonyl (C=O) groups excluding carboxylic acids is 1. The molecule has 0 fully saturated rings. The van der Waals surface area contributed by atoms with E-state index < -0.39 is 0 Å². The summed E-state index contributed by atoms with van der Waals surface area (Å²) in [5.74, 6) is -0.0587. The van der Waals surface area contributed by atoms with Crippen molar-refractivity contribution < 1.29 is 14.6 Å². The highest BCUT2D eigenvalue weighted by Crippen LogP contribution is 2.26. The van der Waals surface area contributed by atoms with Crippen LogP contribution in [0.25, 0.3) is 0 Å². The molecule has 0 aliphatic carbocycles. The molecule has 1 aromatic carbocycles.